The lowest BCUT2D eigenvalue weighted by Gasteiger charge is -2.12. The van der Waals surface area contributed by atoms with Gasteiger partial charge < -0.3 is 20.7 Å². The van der Waals surface area contributed by atoms with Crippen LogP contribution in [0.5, 0.6) is 0 Å². The second-order valence-electron chi connectivity index (χ2n) is 5.03. The molecule has 6 nitrogen and oxygen atoms in total. The minimum Gasteiger partial charge on any atom is -0.372 e. The van der Waals surface area contributed by atoms with Gasteiger partial charge in [0.05, 0.1) is 0 Å². The summed E-state index contributed by atoms with van der Waals surface area (Å²) < 4.78 is 17.8. The SMILES string of the molecule is CO[C@@H](C)C(=O)Nc1cccc(NC(=O)Nc2ccc(F)cc2)c1. The Morgan fingerprint density at radius 1 is 0.958 bits per heavy atom. The molecule has 2 aromatic carbocycles. The molecule has 3 N–H and O–H groups in total. The molecule has 0 aromatic heterocycles. The number of carbonyl (C=O) groups excluding carboxylic acids is 2. The van der Waals surface area contributed by atoms with Crippen molar-refractivity contribution in [3.63, 3.8) is 0 Å². The molecule has 2 aromatic rings. The van der Waals surface area contributed by atoms with Gasteiger partial charge >= 0.3 is 6.03 Å². The van der Waals surface area contributed by atoms with E-state index >= 15 is 0 Å². The fraction of sp³-hybridized carbons (Fsp3) is 0.176. The van der Waals surface area contributed by atoms with Crippen molar-refractivity contribution in [1.82, 2.24) is 0 Å². The third-order valence-corrected chi connectivity index (χ3v) is 3.21. The summed E-state index contributed by atoms with van der Waals surface area (Å²) in [5, 5.41) is 7.90. The summed E-state index contributed by atoms with van der Waals surface area (Å²) in [4.78, 5) is 23.7. The van der Waals surface area contributed by atoms with Crippen molar-refractivity contribution in [1.29, 1.82) is 0 Å². The Hall–Kier alpha value is -2.93. The van der Waals surface area contributed by atoms with Crippen LogP contribution in [0.3, 0.4) is 0 Å². The Bertz CT molecular complexity index is 719. The standard InChI is InChI=1S/C17H18FN3O3/c1-11(24-2)16(22)19-14-4-3-5-15(10-14)21-17(23)20-13-8-6-12(18)7-9-13/h3-11H,1-2H3,(H,19,22)(H2,20,21,23)/t11-/m0/s1. The molecule has 0 saturated carbocycles. The summed E-state index contributed by atoms with van der Waals surface area (Å²) in [6.45, 7) is 1.63. The Kier molecular flexibility index (Phi) is 5.86. The van der Waals surface area contributed by atoms with Gasteiger partial charge in [-0.25, -0.2) is 9.18 Å². The van der Waals surface area contributed by atoms with Crippen LogP contribution in [-0.2, 0) is 9.53 Å². The summed E-state index contributed by atoms with van der Waals surface area (Å²) in [5.41, 5.74) is 1.49. The van der Waals surface area contributed by atoms with Crippen LogP contribution in [0.2, 0.25) is 0 Å². The van der Waals surface area contributed by atoms with E-state index < -0.39 is 12.1 Å². The van der Waals surface area contributed by atoms with Crippen LogP contribution in [-0.4, -0.2) is 25.2 Å². The highest BCUT2D eigenvalue weighted by atomic mass is 19.1. The monoisotopic (exact) mass is 331 g/mol. The zero-order valence-electron chi connectivity index (χ0n) is 13.3. The maximum absolute atomic E-state index is 12.8. The molecule has 0 fully saturated rings. The summed E-state index contributed by atoms with van der Waals surface area (Å²) >= 11 is 0. The largest absolute Gasteiger partial charge is 0.372 e. The second kappa shape index (κ2) is 8.07. The van der Waals surface area contributed by atoms with E-state index in [0.717, 1.165) is 0 Å². The Morgan fingerprint density at radius 2 is 1.54 bits per heavy atom. The maximum Gasteiger partial charge on any atom is 0.323 e. The zero-order valence-corrected chi connectivity index (χ0v) is 13.3. The van der Waals surface area contributed by atoms with Crippen molar-refractivity contribution in [2.75, 3.05) is 23.1 Å². The molecule has 1 atom stereocenters. The van der Waals surface area contributed by atoms with Crippen LogP contribution >= 0.6 is 0 Å². The first-order chi connectivity index (χ1) is 11.5. The van der Waals surface area contributed by atoms with Crippen molar-refractivity contribution in [3.8, 4) is 0 Å². The number of anilines is 3. The number of hydrogen-bond donors (Lipinski definition) is 3. The molecule has 24 heavy (non-hydrogen) atoms. The summed E-state index contributed by atoms with van der Waals surface area (Å²) in [6, 6.07) is 11.6. The Balaban J connectivity index is 1.97. The van der Waals surface area contributed by atoms with Crippen LogP contribution in [0.1, 0.15) is 6.92 Å². The lowest BCUT2D eigenvalue weighted by atomic mass is 10.2. The molecule has 0 heterocycles. The zero-order chi connectivity index (χ0) is 17.5. The van der Waals surface area contributed by atoms with E-state index in [0.29, 0.717) is 17.1 Å². The van der Waals surface area contributed by atoms with Crippen molar-refractivity contribution in [2.24, 2.45) is 0 Å². The van der Waals surface area contributed by atoms with E-state index in [1.54, 1.807) is 31.2 Å². The maximum atomic E-state index is 12.8. The smallest absolute Gasteiger partial charge is 0.323 e. The van der Waals surface area contributed by atoms with Crippen LogP contribution in [0.4, 0.5) is 26.2 Å². The first-order valence-electron chi connectivity index (χ1n) is 7.25. The number of nitrogens with one attached hydrogen (secondary N) is 3. The molecule has 0 saturated heterocycles. The number of urea groups is 1. The highest BCUT2D eigenvalue weighted by molar-refractivity contribution is 6.00. The first kappa shape index (κ1) is 17.4. The highest BCUT2D eigenvalue weighted by Gasteiger charge is 2.12. The van der Waals surface area contributed by atoms with Gasteiger partial charge in [0.15, 0.2) is 0 Å². The van der Waals surface area contributed by atoms with Crippen LogP contribution in [0.25, 0.3) is 0 Å². The number of ether oxygens (including phenoxy) is 1. The Morgan fingerprint density at radius 3 is 2.17 bits per heavy atom. The van der Waals surface area contributed by atoms with E-state index in [4.69, 9.17) is 4.74 Å². The average Bonchev–Trinajstić information content (AvgIpc) is 2.56. The molecule has 0 bridgehead atoms. The van der Waals surface area contributed by atoms with Gasteiger partial charge in [-0.05, 0) is 49.4 Å². The van der Waals surface area contributed by atoms with E-state index in [2.05, 4.69) is 16.0 Å². The molecule has 0 unspecified atom stereocenters. The lowest BCUT2D eigenvalue weighted by molar-refractivity contribution is -0.124. The topological polar surface area (TPSA) is 79.5 Å². The normalized spacial score (nSPS) is 11.5. The van der Waals surface area contributed by atoms with Crippen LogP contribution < -0.4 is 16.0 Å². The molecule has 0 radical (unpaired) electrons. The number of benzene rings is 2. The molecule has 126 valence electrons. The van der Waals surface area contributed by atoms with Gasteiger partial charge in [-0.2, -0.15) is 0 Å². The fourth-order valence-corrected chi connectivity index (χ4v) is 1.85. The van der Waals surface area contributed by atoms with Crippen molar-refractivity contribution >= 4 is 29.0 Å². The van der Waals surface area contributed by atoms with Crippen molar-refractivity contribution in [2.45, 2.75) is 13.0 Å². The molecule has 2 rings (SSSR count). The molecule has 0 aliphatic heterocycles. The van der Waals surface area contributed by atoms with Gasteiger partial charge in [0.25, 0.3) is 5.91 Å². The quantitative estimate of drug-likeness (QED) is 0.785. The second-order valence-corrected chi connectivity index (χ2v) is 5.03. The molecule has 0 aliphatic carbocycles. The first-order valence-corrected chi connectivity index (χ1v) is 7.25. The summed E-state index contributed by atoms with van der Waals surface area (Å²) in [6.07, 6.45) is -0.580. The number of methoxy groups -OCH3 is 1. The van der Waals surface area contributed by atoms with Gasteiger partial charge in [-0.15, -0.1) is 0 Å². The molecule has 0 aliphatic rings. The van der Waals surface area contributed by atoms with Crippen LogP contribution in [0, 0.1) is 5.82 Å². The minimum atomic E-state index is -0.580. The average molecular weight is 331 g/mol. The number of rotatable bonds is 5. The summed E-state index contributed by atoms with van der Waals surface area (Å²) in [5.74, 6) is -0.667. The lowest BCUT2D eigenvalue weighted by Crippen LogP contribution is -2.26. The minimum absolute atomic E-state index is 0.287. The number of amides is 3. The number of halogens is 1. The number of carbonyl (C=O) groups is 2. The highest BCUT2D eigenvalue weighted by Crippen LogP contribution is 2.16. The third-order valence-electron chi connectivity index (χ3n) is 3.21. The molecular weight excluding hydrogens is 313 g/mol. The van der Waals surface area contributed by atoms with Gasteiger partial charge in [-0.3, -0.25) is 4.79 Å². The van der Waals surface area contributed by atoms with Gasteiger partial charge in [-0.1, -0.05) is 6.07 Å². The molecule has 3 amide bonds. The van der Waals surface area contributed by atoms with Crippen molar-refractivity contribution < 1.29 is 18.7 Å². The van der Waals surface area contributed by atoms with E-state index in [1.165, 1.54) is 31.4 Å². The molecular formula is C17H18FN3O3. The van der Waals surface area contributed by atoms with E-state index in [-0.39, 0.29) is 11.7 Å². The predicted octanol–water partition coefficient (Wildman–Crippen LogP) is 3.44. The molecule has 7 heteroatoms. The number of hydrogen-bond acceptors (Lipinski definition) is 3. The predicted molar refractivity (Wildman–Crippen MR) is 90.6 cm³/mol. The van der Waals surface area contributed by atoms with Crippen molar-refractivity contribution in [3.05, 3.63) is 54.3 Å². The third kappa shape index (κ3) is 5.06. The van der Waals surface area contributed by atoms with E-state index in [1.807, 2.05) is 0 Å². The van der Waals surface area contributed by atoms with Gasteiger partial charge in [0.2, 0.25) is 0 Å². The molecule has 0 spiro atoms. The summed E-state index contributed by atoms with van der Waals surface area (Å²) in [7, 11) is 1.45. The van der Waals surface area contributed by atoms with Gasteiger partial charge in [0, 0.05) is 24.2 Å². The van der Waals surface area contributed by atoms with E-state index in [9.17, 15) is 14.0 Å². The van der Waals surface area contributed by atoms with Gasteiger partial charge in [0.1, 0.15) is 11.9 Å². The van der Waals surface area contributed by atoms with Crippen LogP contribution in [0.15, 0.2) is 48.5 Å². The fourth-order valence-electron chi connectivity index (χ4n) is 1.85. The Labute approximate surface area is 139 Å².